The summed E-state index contributed by atoms with van der Waals surface area (Å²) in [6, 6.07) is 8.02. The molecule has 0 saturated heterocycles. The zero-order valence-corrected chi connectivity index (χ0v) is 17.6. The van der Waals surface area contributed by atoms with Crippen LogP contribution in [0.4, 0.5) is 0 Å². The molecule has 0 atom stereocenters. The van der Waals surface area contributed by atoms with E-state index in [1.54, 1.807) is 25.5 Å². The van der Waals surface area contributed by atoms with Gasteiger partial charge in [0.1, 0.15) is 5.75 Å². The molecule has 0 radical (unpaired) electrons. The Hall–Kier alpha value is -1.81. The van der Waals surface area contributed by atoms with E-state index in [2.05, 4.69) is 26.3 Å². The molecule has 1 aromatic carbocycles. The van der Waals surface area contributed by atoms with Crippen LogP contribution in [0.2, 0.25) is 0 Å². The van der Waals surface area contributed by atoms with Crippen molar-refractivity contribution < 1.29 is 4.74 Å². The monoisotopic (exact) mass is 471 g/mol. The third-order valence-corrected chi connectivity index (χ3v) is 4.51. The molecule has 134 valence electrons. The van der Waals surface area contributed by atoms with Crippen molar-refractivity contribution in [2.24, 2.45) is 4.99 Å². The van der Waals surface area contributed by atoms with Gasteiger partial charge < -0.3 is 15.0 Å². The number of aromatic nitrogens is 2. The maximum Gasteiger partial charge on any atom is 0.194 e. The quantitative estimate of drug-likeness (QED) is 0.353. The van der Waals surface area contributed by atoms with E-state index in [9.17, 15) is 0 Å². The predicted molar refractivity (Wildman–Crippen MR) is 113 cm³/mol. The SMILES string of the molecule is CN=C(NCc1cn2ccsc2n1)N(C)Cc1ccccc1OC.I. The lowest BCUT2D eigenvalue weighted by atomic mass is 10.2. The minimum Gasteiger partial charge on any atom is -0.496 e. The summed E-state index contributed by atoms with van der Waals surface area (Å²) >= 11 is 1.63. The molecule has 0 aliphatic heterocycles. The molecule has 6 nitrogen and oxygen atoms in total. The number of hydrogen-bond donors (Lipinski definition) is 1. The molecule has 2 heterocycles. The maximum atomic E-state index is 5.42. The van der Waals surface area contributed by atoms with Gasteiger partial charge in [-0.2, -0.15) is 0 Å². The van der Waals surface area contributed by atoms with Crippen LogP contribution >= 0.6 is 35.3 Å². The van der Waals surface area contributed by atoms with Gasteiger partial charge in [0.25, 0.3) is 0 Å². The highest BCUT2D eigenvalue weighted by molar-refractivity contribution is 14.0. The Morgan fingerprint density at radius 2 is 2.20 bits per heavy atom. The molecule has 1 N–H and O–H groups in total. The van der Waals surface area contributed by atoms with E-state index in [-0.39, 0.29) is 24.0 Å². The fraction of sp³-hybridized carbons (Fsp3) is 0.294. The molecule has 3 aromatic rings. The van der Waals surface area contributed by atoms with E-state index in [4.69, 9.17) is 4.74 Å². The third kappa shape index (κ3) is 4.63. The summed E-state index contributed by atoms with van der Waals surface area (Å²) in [4.78, 5) is 12.0. The van der Waals surface area contributed by atoms with E-state index in [0.29, 0.717) is 13.1 Å². The molecule has 0 unspecified atom stereocenters. The molecular formula is C17H22IN5OS. The van der Waals surface area contributed by atoms with Gasteiger partial charge in [-0.15, -0.1) is 35.3 Å². The number of aliphatic imine (C=N–C) groups is 1. The molecule has 8 heteroatoms. The number of thiazole rings is 1. The van der Waals surface area contributed by atoms with Crippen molar-refractivity contribution in [3.05, 3.63) is 53.3 Å². The lowest BCUT2D eigenvalue weighted by molar-refractivity contribution is 0.396. The second kappa shape index (κ2) is 9.04. The number of fused-ring (bicyclic) bond motifs is 1. The second-order valence-electron chi connectivity index (χ2n) is 5.39. The standard InChI is InChI=1S/C17H21N5OS.HI/c1-18-16(19-10-14-12-22-8-9-24-17(22)20-14)21(2)11-13-6-4-5-7-15(13)23-3;/h4-9,12H,10-11H2,1-3H3,(H,18,19);1H. The zero-order valence-electron chi connectivity index (χ0n) is 14.5. The number of hydrogen-bond acceptors (Lipinski definition) is 4. The molecule has 0 spiro atoms. The largest absolute Gasteiger partial charge is 0.496 e. The van der Waals surface area contributed by atoms with Crippen molar-refractivity contribution >= 4 is 46.2 Å². The number of benzene rings is 1. The highest BCUT2D eigenvalue weighted by atomic mass is 127. The summed E-state index contributed by atoms with van der Waals surface area (Å²) in [6.07, 6.45) is 4.05. The van der Waals surface area contributed by atoms with Crippen LogP contribution in [0.25, 0.3) is 4.96 Å². The molecule has 0 aliphatic rings. The fourth-order valence-electron chi connectivity index (χ4n) is 2.58. The van der Waals surface area contributed by atoms with Gasteiger partial charge in [0.2, 0.25) is 0 Å². The summed E-state index contributed by atoms with van der Waals surface area (Å²) in [5.41, 5.74) is 2.11. The van der Waals surface area contributed by atoms with Crippen LogP contribution in [-0.4, -0.2) is 41.4 Å². The summed E-state index contributed by atoms with van der Waals surface area (Å²) in [6.45, 7) is 1.35. The number of ether oxygens (including phenoxy) is 1. The summed E-state index contributed by atoms with van der Waals surface area (Å²) in [5.74, 6) is 1.70. The highest BCUT2D eigenvalue weighted by Gasteiger charge is 2.10. The summed E-state index contributed by atoms with van der Waals surface area (Å²) in [7, 11) is 5.48. The lowest BCUT2D eigenvalue weighted by Crippen LogP contribution is -2.38. The number of para-hydroxylation sites is 1. The van der Waals surface area contributed by atoms with E-state index in [1.165, 1.54) is 0 Å². The molecule has 0 fully saturated rings. The average molecular weight is 471 g/mol. The second-order valence-corrected chi connectivity index (χ2v) is 6.27. The first kappa shape index (κ1) is 19.5. The minimum absolute atomic E-state index is 0. The minimum atomic E-state index is 0. The normalized spacial score (nSPS) is 11.2. The van der Waals surface area contributed by atoms with E-state index >= 15 is 0 Å². The van der Waals surface area contributed by atoms with Gasteiger partial charge in [-0.3, -0.25) is 9.39 Å². The van der Waals surface area contributed by atoms with Gasteiger partial charge >= 0.3 is 0 Å². The van der Waals surface area contributed by atoms with Crippen LogP contribution in [0.1, 0.15) is 11.3 Å². The Bertz CT molecular complexity index is 816. The van der Waals surface area contributed by atoms with Gasteiger partial charge in [0, 0.05) is 44.0 Å². The van der Waals surface area contributed by atoms with Gasteiger partial charge in [0.15, 0.2) is 10.9 Å². The molecule has 25 heavy (non-hydrogen) atoms. The number of halogens is 1. The molecule has 0 aliphatic carbocycles. The van der Waals surface area contributed by atoms with Gasteiger partial charge in [-0.05, 0) is 6.07 Å². The Morgan fingerprint density at radius 1 is 1.40 bits per heavy atom. The number of methoxy groups -OCH3 is 1. The van der Waals surface area contributed by atoms with Gasteiger partial charge in [-0.25, -0.2) is 4.98 Å². The molecular weight excluding hydrogens is 449 g/mol. The topological polar surface area (TPSA) is 54.2 Å². The van der Waals surface area contributed by atoms with Crippen molar-refractivity contribution in [1.29, 1.82) is 0 Å². The van der Waals surface area contributed by atoms with Crippen LogP contribution in [0, 0.1) is 0 Å². The van der Waals surface area contributed by atoms with Crippen LogP contribution in [0.5, 0.6) is 5.75 Å². The van der Waals surface area contributed by atoms with Crippen molar-refractivity contribution in [3.63, 3.8) is 0 Å². The Kier molecular flexibility index (Phi) is 7.06. The molecule has 0 saturated carbocycles. The van der Waals surface area contributed by atoms with Crippen molar-refractivity contribution in [1.82, 2.24) is 19.6 Å². The number of nitrogens with one attached hydrogen (secondary N) is 1. The smallest absolute Gasteiger partial charge is 0.194 e. The van der Waals surface area contributed by atoms with Crippen molar-refractivity contribution in [3.8, 4) is 5.75 Å². The summed E-state index contributed by atoms with van der Waals surface area (Å²) < 4.78 is 7.45. The van der Waals surface area contributed by atoms with Crippen LogP contribution < -0.4 is 10.1 Å². The Morgan fingerprint density at radius 3 is 2.92 bits per heavy atom. The molecule has 3 rings (SSSR count). The highest BCUT2D eigenvalue weighted by Crippen LogP contribution is 2.18. The molecule has 0 bridgehead atoms. The van der Waals surface area contributed by atoms with E-state index in [1.807, 2.05) is 47.4 Å². The first-order chi connectivity index (χ1) is 11.7. The zero-order chi connectivity index (χ0) is 16.9. The molecule has 2 aromatic heterocycles. The first-order valence-electron chi connectivity index (χ1n) is 7.66. The van der Waals surface area contributed by atoms with E-state index in [0.717, 1.165) is 27.9 Å². The lowest BCUT2D eigenvalue weighted by Gasteiger charge is -2.22. The van der Waals surface area contributed by atoms with E-state index < -0.39 is 0 Å². The maximum absolute atomic E-state index is 5.42. The Balaban J connectivity index is 0.00000225. The van der Waals surface area contributed by atoms with Crippen LogP contribution in [0.3, 0.4) is 0 Å². The van der Waals surface area contributed by atoms with Crippen LogP contribution in [0.15, 0.2) is 47.0 Å². The number of nitrogens with zero attached hydrogens (tertiary/aromatic N) is 4. The number of rotatable bonds is 5. The fourth-order valence-corrected chi connectivity index (χ4v) is 3.30. The number of imidazole rings is 1. The van der Waals surface area contributed by atoms with Crippen LogP contribution in [-0.2, 0) is 13.1 Å². The molecule has 0 amide bonds. The van der Waals surface area contributed by atoms with Crippen molar-refractivity contribution in [2.75, 3.05) is 21.2 Å². The third-order valence-electron chi connectivity index (χ3n) is 3.74. The predicted octanol–water partition coefficient (Wildman–Crippen LogP) is 3.23. The van der Waals surface area contributed by atoms with Gasteiger partial charge in [-0.1, -0.05) is 18.2 Å². The average Bonchev–Trinajstić information content (AvgIpc) is 3.17. The van der Waals surface area contributed by atoms with Gasteiger partial charge in [0.05, 0.1) is 19.3 Å². The number of guanidine groups is 1. The first-order valence-corrected chi connectivity index (χ1v) is 8.54. The summed E-state index contributed by atoms with van der Waals surface area (Å²) in [5, 5.41) is 5.39. The Labute approximate surface area is 168 Å². The van der Waals surface area contributed by atoms with Crippen molar-refractivity contribution in [2.45, 2.75) is 13.1 Å².